The number of hydrogen-bond donors (Lipinski definition) is 1. The number of aromatic nitrogens is 3. The fourth-order valence-corrected chi connectivity index (χ4v) is 2.54. The Labute approximate surface area is 147 Å². The summed E-state index contributed by atoms with van der Waals surface area (Å²) in [5.41, 5.74) is 3.13. The van der Waals surface area contributed by atoms with Gasteiger partial charge in [-0.25, -0.2) is 4.68 Å². The first-order valence-electron chi connectivity index (χ1n) is 8.26. The van der Waals surface area contributed by atoms with Crippen LogP contribution in [0.25, 0.3) is 0 Å². The van der Waals surface area contributed by atoms with E-state index in [1.807, 2.05) is 0 Å². The number of rotatable bonds is 4. The molecule has 3 aromatic rings. The number of anilines is 1. The molecule has 1 aromatic carbocycles. The van der Waals surface area contributed by atoms with Gasteiger partial charge in [-0.2, -0.15) is 5.10 Å². The summed E-state index contributed by atoms with van der Waals surface area (Å²) < 4.78 is 1.78. The summed E-state index contributed by atoms with van der Waals surface area (Å²) in [5.74, 6) is 0.494. The Bertz CT molecular complexity index is 845. The van der Waals surface area contributed by atoms with Crippen LogP contribution in [-0.2, 0) is 12.0 Å². The van der Waals surface area contributed by atoms with E-state index in [-0.39, 0.29) is 11.3 Å². The number of hydrogen-bond acceptors (Lipinski definition) is 3. The van der Waals surface area contributed by atoms with Crippen LogP contribution < -0.4 is 5.32 Å². The van der Waals surface area contributed by atoms with Gasteiger partial charge in [0.25, 0.3) is 5.91 Å². The molecule has 0 aliphatic rings. The average molecular weight is 334 g/mol. The van der Waals surface area contributed by atoms with Crippen molar-refractivity contribution in [2.45, 2.75) is 32.7 Å². The molecular weight excluding hydrogens is 312 g/mol. The molecule has 1 amide bonds. The van der Waals surface area contributed by atoms with Gasteiger partial charge in [-0.3, -0.25) is 9.78 Å². The van der Waals surface area contributed by atoms with Crippen molar-refractivity contribution in [3.8, 4) is 0 Å². The van der Waals surface area contributed by atoms with Crippen LogP contribution in [0.4, 0.5) is 5.82 Å². The number of benzene rings is 1. The highest BCUT2D eigenvalue weighted by Gasteiger charge is 2.13. The molecule has 2 heterocycles. The molecule has 25 heavy (non-hydrogen) atoms. The van der Waals surface area contributed by atoms with Crippen LogP contribution in [0.1, 0.15) is 42.3 Å². The summed E-state index contributed by atoms with van der Waals surface area (Å²) in [6, 6.07) is 13.7. The van der Waals surface area contributed by atoms with Gasteiger partial charge in [-0.05, 0) is 28.7 Å². The molecule has 0 spiro atoms. The lowest BCUT2D eigenvalue weighted by Gasteiger charge is -2.19. The highest BCUT2D eigenvalue weighted by molar-refractivity contribution is 6.03. The number of amides is 1. The van der Waals surface area contributed by atoms with E-state index in [9.17, 15) is 4.79 Å². The highest BCUT2D eigenvalue weighted by Crippen LogP contribution is 2.22. The Morgan fingerprint density at radius 1 is 1.00 bits per heavy atom. The molecule has 0 aliphatic heterocycles. The van der Waals surface area contributed by atoms with Gasteiger partial charge in [0.1, 0.15) is 5.82 Å². The minimum Gasteiger partial charge on any atom is -0.307 e. The zero-order chi connectivity index (χ0) is 17.9. The molecule has 0 fully saturated rings. The van der Waals surface area contributed by atoms with Gasteiger partial charge in [0.2, 0.25) is 0 Å². The van der Waals surface area contributed by atoms with E-state index < -0.39 is 0 Å². The van der Waals surface area contributed by atoms with Crippen molar-refractivity contribution in [1.82, 2.24) is 14.8 Å². The first-order chi connectivity index (χ1) is 11.9. The predicted octanol–water partition coefficient (Wildman–Crippen LogP) is 3.88. The molecule has 5 heteroatoms. The molecule has 3 rings (SSSR count). The molecule has 5 nitrogen and oxygen atoms in total. The van der Waals surface area contributed by atoms with Gasteiger partial charge in [0.15, 0.2) is 0 Å². The SMILES string of the molecule is CC(C)(C)c1ccc(Cn2nccc2NC(=O)c2ccncc2)cc1. The summed E-state index contributed by atoms with van der Waals surface area (Å²) in [7, 11) is 0. The maximum Gasteiger partial charge on any atom is 0.256 e. The van der Waals surface area contributed by atoms with E-state index in [0.29, 0.717) is 17.9 Å². The second kappa shape index (κ2) is 6.89. The predicted molar refractivity (Wildman–Crippen MR) is 98.7 cm³/mol. The number of nitrogens with zero attached hydrogens (tertiary/aromatic N) is 3. The van der Waals surface area contributed by atoms with Crippen LogP contribution in [-0.4, -0.2) is 20.7 Å². The molecule has 128 valence electrons. The fourth-order valence-electron chi connectivity index (χ4n) is 2.54. The molecule has 0 radical (unpaired) electrons. The number of carbonyl (C=O) groups excluding carboxylic acids is 1. The summed E-state index contributed by atoms with van der Waals surface area (Å²) in [5, 5.41) is 7.22. The van der Waals surface area contributed by atoms with Crippen molar-refractivity contribution in [3.63, 3.8) is 0 Å². The second-order valence-electron chi connectivity index (χ2n) is 7.01. The average Bonchev–Trinajstić information content (AvgIpc) is 3.02. The molecule has 0 unspecified atom stereocenters. The molecule has 1 N–H and O–H groups in total. The summed E-state index contributed by atoms with van der Waals surface area (Å²) in [6.45, 7) is 7.19. The largest absolute Gasteiger partial charge is 0.307 e. The van der Waals surface area contributed by atoms with Crippen molar-refractivity contribution < 1.29 is 4.79 Å². The van der Waals surface area contributed by atoms with Crippen LogP contribution in [0.2, 0.25) is 0 Å². The third-order valence-electron chi connectivity index (χ3n) is 4.05. The van der Waals surface area contributed by atoms with E-state index in [2.05, 4.69) is 60.4 Å². The van der Waals surface area contributed by atoms with Gasteiger partial charge in [-0.1, -0.05) is 45.0 Å². The normalized spacial score (nSPS) is 11.3. The second-order valence-corrected chi connectivity index (χ2v) is 7.01. The zero-order valence-electron chi connectivity index (χ0n) is 14.7. The van der Waals surface area contributed by atoms with E-state index in [4.69, 9.17) is 0 Å². The molecule has 0 saturated carbocycles. The first kappa shape index (κ1) is 16.9. The lowest BCUT2D eigenvalue weighted by molar-refractivity contribution is 0.102. The third-order valence-corrected chi connectivity index (χ3v) is 4.05. The summed E-state index contributed by atoms with van der Waals surface area (Å²) in [6.07, 6.45) is 4.89. The third kappa shape index (κ3) is 4.12. The van der Waals surface area contributed by atoms with Gasteiger partial charge >= 0.3 is 0 Å². The lowest BCUT2D eigenvalue weighted by Crippen LogP contribution is -2.16. The molecular formula is C20H22N4O. The topological polar surface area (TPSA) is 59.8 Å². The monoisotopic (exact) mass is 334 g/mol. The smallest absolute Gasteiger partial charge is 0.256 e. The van der Waals surface area contributed by atoms with Crippen LogP contribution in [0.3, 0.4) is 0 Å². The highest BCUT2D eigenvalue weighted by atomic mass is 16.1. The quantitative estimate of drug-likeness (QED) is 0.788. The van der Waals surface area contributed by atoms with E-state index in [0.717, 1.165) is 5.56 Å². The van der Waals surface area contributed by atoms with Gasteiger partial charge in [0.05, 0.1) is 12.7 Å². The van der Waals surface area contributed by atoms with Gasteiger partial charge in [0, 0.05) is 24.0 Å². The molecule has 0 bridgehead atoms. The molecule has 2 aromatic heterocycles. The van der Waals surface area contributed by atoms with Crippen LogP contribution >= 0.6 is 0 Å². The molecule has 0 aliphatic carbocycles. The van der Waals surface area contributed by atoms with Crippen molar-refractivity contribution in [1.29, 1.82) is 0 Å². The van der Waals surface area contributed by atoms with E-state index >= 15 is 0 Å². The van der Waals surface area contributed by atoms with Crippen molar-refractivity contribution in [3.05, 3.63) is 77.7 Å². The minimum absolute atomic E-state index is 0.133. The Kier molecular flexibility index (Phi) is 4.65. The van der Waals surface area contributed by atoms with Gasteiger partial charge in [-0.15, -0.1) is 0 Å². The van der Waals surface area contributed by atoms with E-state index in [1.165, 1.54) is 5.56 Å². The Balaban J connectivity index is 1.73. The van der Waals surface area contributed by atoms with Crippen LogP contribution in [0.15, 0.2) is 61.1 Å². The maximum atomic E-state index is 12.3. The first-order valence-corrected chi connectivity index (χ1v) is 8.26. The number of nitrogens with one attached hydrogen (secondary N) is 1. The lowest BCUT2D eigenvalue weighted by atomic mass is 9.87. The molecule has 0 atom stereocenters. The minimum atomic E-state index is -0.174. The van der Waals surface area contributed by atoms with Gasteiger partial charge < -0.3 is 5.32 Å². The Morgan fingerprint density at radius 2 is 1.68 bits per heavy atom. The van der Waals surface area contributed by atoms with Crippen molar-refractivity contribution >= 4 is 11.7 Å². The molecule has 0 saturated heterocycles. The maximum absolute atomic E-state index is 12.3. The van der Waals surface area contributed by atoms with Crippen LogP contribution in [0, 0.1) is 0 Å². The van der Waals surface area contributed by atoms with Crippen molar-refractivity contribution in [2.75, 3.05) is 5.32 Å². The summed E-state index contributed by atoms with van der Waals surface area (Å²) in [4.78, 5) is 16.2. The van der Waals surface area contributed by atoms with Crippen LogP contribution in [0.5, 0.6) is 0 Å². The zero-order valence-corrected chi connectivity index (χ0v) is 14.7. The number of pyridine rings is 1. The van der Waals surface area contributed by atoms with E-state index in [1.54, 1.807) is 41.5 Å². The Hall–Kier alpha value is -2.95. The van der Waals surface area contributed by atoms with Crippen molar-refractivity contribution in [2.24, 2.45) is 0 Å². The Morgan fingerprint density at radius 3 is 2.32 bits per heavy atom. The summed E-state index contributed by atoms with van der Waals surface area (Å²) >= 11 is 0. The fraction of sp³-hybridized carbons (Fsp3) is 0.250. The standard InChI is InChI=1S/C20H22N4O/c1-20(2,3)17-6-4-15(5-7-17)14-24-18(10-13-22-24)23-19(25)16-8-11-21-12-9-16/h4-13H,14H2,1-3H3,(H,23,25). The number of carbonyl (C=O) groups is 1.